The topological polar surface area (TPSA) is 99.1 Å². The lowest BCUT2D eigenvalue weighted by molar-refractivity contribution is 0.0949. The Kier molecular flexibility index (Phi) is 5.41. The van der Waals surface area contributed by atoms with Gasteiger partial charge >= 0.3 is 0 Å². The third kappa shape index (κ3) is 3.96. The van der Waals surface area contributed by atoms with E-state index in [9.17, 15) is 13.2 Å². The lowest BCUT2D eigenvalue weighted by Crippen LogP contribution is -2.41. The molecule has 1 atom stereocenters. The first-order chi connectivity index (χ1) is 12.4. The molecule has 1 aliphatic carbocycles. The minimum absolute atomic E-state index is 0.0758. The number of aryl methyl sites for hydroxylation is 1. The number of rotatable bonds is 5. The average Bonchev–Trinajstić information content (AvgIpc) is 3.09. The lowest BCUT2D eigenvalue weighted by Gasteiger charge is -2.19. The normalized spacial score (nSPS) is 16.5. The standard InChI is InChI=1S/C18H19N3O3S2/c1-2-12-6-7-16-14(8-12)10-17(25-16)18(22)20-21-26(23,24)15-5-3-4-13(9-15)11-19/h3-5,9-10,12,21H,2,6-8H2,1H3,(H,20,22)/t12-/m1/s1. The van der Waals surface area contributed by atoms with Crippen LogP contribution in [-0.4, -0.2) is 14.3 Å². The molecule has 1 aromatic heterocycles. The molecule has 0 bridgehead atoms. The van der Waals surface area contributed by atoms with Gasteiger partial charge in [0, 0.05) is 4.88 Å². The van der Waals surface area contributed by atoms with E-state index < -0.39 is 15.9 Å². The predicted molar refractivity (Wildman–Crippen MR) is 99.1 cm³/mol. The maximum Gasteiger partial charge on any atom is 0.276 e. The van der Waals surface area contributed by atoms with Crippen LogP contribution in [0.2, 0.25) is 0 Å². The van der Waals surface area contributed by atoms with Gasteiger partial charge in [-0.1, -0.05) is 19.4 Å². The van der Waals surface area contributed by atoms with Gasteiger partial charge in [0.25, 0.3) is 15.9 Å². The van der Waals surface area contributed by atoms with Crippen LogP contribution in [0.4, 0.5) is 0 Å². The number of fused-ring (bicyclic) bond motifs is 1. The molecule has 0 aliphatic heterocycles. The second-order valence-corrected chi connectivity index (χ2v) is 9.09. The van der Waals surface area contributed by atoms with Gasteiger partial charge < -0.3 is 0 Å². The predicted octanol–water partition coefficient (Wildman–Crippen LogP) is 2.76. The van der Waals surface area contributed by atoms with Crippen LogP contribution >= 0.6 is 11.3 Å². The van der Waals surface area contributed by atoms with E-state index in [0.29, 0.717) is 10.8 Å². The largest absolute Gasteiger partial charge is 0.276 e. The Morgan fingerprint density at radius 2 is 2.19 bits per heavy atom. The van der Waals surface area contributed by atoms with Crippen molar-refractivity contribution in [3.8, 4) is 6.07 Å². The molecule has 3 rings (SSSR count). The molecule has 2 N–H and O–H groups in total. The fraction of sp³-hybridized carbons (Fsp3) is 0.333. The molecule has 1 aromatic carbocycles. The summed E-state index contributed by atoms with van der Waals surface area (Å²) in [5, 5.41) is 8.88. The Hall–Kier alpha value is -2.21. The van der Waals surface area contributed by atoms with Crippen LogP contribution in [0.1, 0.15) is 45.4 Å². The zero-order valence-electron chi connectivity index (χ0n) is 14.3. The summed E-state index contributed by atoms with van der Waals surface area (Å²) < 4.78 is 24.6. The minimum Gasteiger partial charge on any atom is -0.273 e. The molecule has 1 amide bonds. The van der Waals surface area contributed by atoms with Crippen LogP contribution < -0.4 is 10.3 Å². The van der Waals surface area contributed by atoms with Gasteiger partial charge in [-0.25, -0.2) is 8.42 Å². The second-order valence-electron chi connectivity index (χ2n) is 6.28. The highest BCUT2D eigenvalue weighted by Crippen LogP contribution is 2.33. The minimum atomic E-state index is -3.94. The number of carbonyl (C=O) groups is 1. The van der Waals surface area contributed by atoms with Crippen molar-refractivity contribution in [3.05, 3.63) is 51.2 Å². The van der Waals surface area contributed by atoms with Gasteiger partial charge in [-0.2, -0.15) is 5.26 Å². The molecule has 26 heavy (non-hydrogen) atoms. The maximum atomic E-state index is 12.3. The highest BCUT2D eigenvalue weighted by atomic mass is 32.2. The van der Waals surface area contributed by atoms with E-state index in [4.69, 9.17) is 5.26 Å². The fourth-order valence-corrected chi connectivity index (χ4v) is 5.01. The summed E-state index contributed by atoms with van der Waals surface area (Å²) in [6, 6.07) is 9.36. The van der Waals surface area contributed by atoms with Gasteiger partial charge in [-0.15, -0.1) is 16.2 Å². The van der Waals surface area contributed by atoms with Gasteiger partial charge in [0.05, 0.1) is 21.4 Å². The Bertz CT molecular complexity index is 974. The van der Waals surface area contributed by atoms with Gasteiger partial charge in [-0.3, -0.25) is 10.2 Å². The van der Waals surface area contributed by atoms with Crippen molar-refractivity contribution in [3.63, 3.8) is 0 Å². The van der Waals surface area contributed by atoms with Gasteiger partial charge in [0.15, 0.2) is 0 Å². The van der Waals surface area contributed by atoms with Gasteiger partial charge in [0.1, 0.15) is 0 Å². The summed E-state index contributed by atoms with van der Waals surface area (Å²) in [7, 11) is -3.94. The summed E-state index contributed by atoms with van der Waals surface area (Å²) in [4.78, 5) is 16.1. The summed E-state index contributed by atoms with van der Waals surface area (Å²) in [6.45, 7) is 2.17. The monoisotopic (exact) mass is 389 g/mol. The quantitative estimate of drug-likeness (QED) is 0.768. The number of thiophene rings is 1. The van der Waals surface area contributed by atoms with Crippen molar-refractivity contribution in [1.29, 1.82) is 5.26 Å². The molecule has 0 unspecified atom stereocenters. The van der Waals surface area contributed by atoms with Crippen molar-refractivity contribution < 1.29 is 13.2 Å². The number of sulfonamides is 1. The first-order valence-electron chi connectivity index (χ1n) is 8.37. The summed E-state index contributed by atoms with van der Waals surface area (Å²) in [5.41, 5.74) is 3.69. The third-order valence-electron chi connectivity index (χ3n) is 4.56. The number of nitriles is 1. The molecule has 0 saturated carbocycles. The van der Waals surface area contributed by atoms with Gasteiger partial charge in [-0.05, 0) is 55.0 Å². The number of benzene rings is 1. The van der Waals surface area contributed by atoms with Crippen molar-refractivity contribution in [2.24, 2.45) is 5.92 Å². The van der Waals surface area contributed by atoms with Gasteiger partial charge in [0.2, 0.25) is 0 Å². The Morgan fingerprint density at radius 3 is 2.92 bits per heavy atom. The summed E-state index contributed by atoms with van der Waals surface area (Å²) in [5.74, 6) is 0.177. The summed E-state index contributed by atoms with van der Waals surface area (Å²) >= 11 is 1.42. The van der Waals surface area contributed by atoms with Crippen LogP contribution in [0, 0.1) is 17.2 Å². The van der Waals surface area contributed by atoms with Crippen molar-refractivity contribution in [1.82, 2.24) is 10.3 Å². The number of carbonyl (C=O) groups excluding carboxylic acids is 1. The molecule has 8 heteroatoms. The van der Waals surface area contributed by atoms with Crippen molar-refractivity contribution >= 4 is 27.3 Å². The highest BCUT2D eigenvalue weighted by molar-refractivity contribution is 7.89. The smallest absolute Gasteiger partial charge is 0.273 e. The second kappa shape index (κ2) is 7.58. The van der Waals surface area contributed by atoms with E-state index in [-0.39, 0.29) is 10.5 Å². The fourth-order valence-electron chi connectivity index (χ4n) is 3.03. The SMILES string of the molecule is CC[C@@H]1CCc2sc(C(=O)NNS(=O)(=O)c3cccc(C#N)c3)cc2C1. The zero-order valence-corrected chi connectivity index (χ0v) is 15.9. The number of amides is 1. The molecule has 0 radical (unpaired) electrons. The Morgan fingerprint density at radius 1 is 1.38 bits per heavy atom. The van der Waals surface area contributed by atoms with E-state index in [1.165, 1.54) is 46.0 Å². The highest BCUT2D eigenvalue weighted by Gasteiger charge is 2.23. The number of nitrogens with one attached hydrogen (secondary N) is 2. The van der Waals surface area contributed by atoms with Crippen LogP contribution in [0.15, 0.2) is 35.2 Å². The molecule has 0 fully saturated rings. The van der Waals surface area contributed by atoms with Crippen LogP contribution in [-0.2, 0) is 22.9 Å². The molecule has 6 nitrogen and oxygen atoms in total. The zero-order chi connectivity index (χ0) is 18.7. The van der Waals surface area contributed by atoms with Crippen molar-refractivity contribution in [2.45, 2.75) is 37.5 Å². The first kappa shape index (κ1) is 18.6. The lowest BCUT2D eigenvalue weighted by atomic mass is 9.87. The molecule has 0 saturated heterocycles. The Balaban J connectivity index is 1.69. The first-order valence-corrected chi connectivity index (χ1v) is 10.7. The van der Waals surface area contributed by atoms with E-state index in [1.54, 1.807) is 0 Å². The van der Waals surface area contributed by atoms with E-state index in [2.05, 4.69) is 17.2 Å². The molecule has 1 heterocycles. The molecule has 1 aliphatic rings. The number of hydrazine groups is 1. The summed E-state index contributed by atoms with van der Waals surface area (Å²) in [6.07, 6.45) is 4.20. The molecule has 2 aromatic rings. The molecular formula is C18H19N3O3S2. The third-order valence-corrected chi connectivity index (χ3v) is 7.04. The molecular weight excluding hydrogens is 370 g/mol. The van der Waals surface area contributed by atoms with Crippen LogP contribution in [0.25, 0.3) is 0 Å². The average molecular weight is 390 g/mol. The Labute approximate surface area is 156 Å². The number of hydrogen-bond donors (Lipinski definition) is 2. The number of hydrogen-bond acceptors (Lipinski definition) is 5. The maximum absolute atomic E-state index is 12.3. The molecule has 0 spiro atoms. The van der Waals surface area contributed by atoms with Crippen LogP contribution in [0.5, 0.6) is 0 Å². The van der Waals surface area contributed by atoms with E-state index in [0.717, 1.165) is 25.7 Å². The number of nitrogens with zero attached hydrogens (tertiary/aromatic N) is 1. The van der Waals surface area contributed by atoms with E-state index >= 15 is 0 Å². The molecule has 136 valence electrons. The van der Waals surface area contributed by atoms with Crippen LogP contribution in [0.3, 0.4) is 0 Å². The van der Waals surface area contributed by atoms with Crippen molar-refractivity contribution in [2.75, 3.05) is 0 Å². The van der Waals surface area contributed by atoms with E-state index in [1.807, 2.05) is 12.1 Å².